The second kappa shape index (κ2) is 5.98. The van der Waals surface area contributed by atoms with Crippen molar-refractivity contribution >= 4 is 17.5 Å². The Morgan fingerprint density at radius 3 is 2.71 bits per heavy atom. The minimum Gasteiger partial charge on any atom is -0.294 e. The van der Waals surface area contributed by atoms with E-state index < -0.39 is 0 Å². The highest BCUT2D eigenvalue weighted by molar-refractivity contribution is 7.99. The van der Waals surface area contributed by atoms with Crippen molar-refractivity contribution in [3.63, 3.8) is 0 Å². The first-order valence-corrected chi connectivity index (χ1v) is 8.26. The van der Waals surface area contributed by atoms with Gasteiger partial charge in [0.25, 0.3) is 0 Å². The zero-order valence-corrected chi connectivity index (χ0v) is 13.1. The molecule has 0 bridgehead atoms. The van der Waals surface area contributed by atoms with Gasteiger partial charge in [-0.3, -0.25) is 4.79 Å². The van der Waals surface area contributed by atoms with Crippen molar-refractivity contribution in [1.29, 1.82) is 0 Å². The summed E-state index contributed by atoms with van der Waals surface area (Å²) in [7, 11) is 0. The summed E-state index contributed by atoms with van der Waals surface area (Å²) < 4.78 is 0. The van der Waals surface area contributed by atoms with Gasteiger partial charge in [0.2, 0.25) is 0 Å². The minimum absolute atomic E-state index is 0.276. The molecule has 1 unspecified atom stereocenters. The molecule has 2 aromatic rings. The Balaban J connectivity index is 2.20. The Morgan fingerprint density at radius 2 is 2.00 bits per heavy atom. The van der Waals surface area contributed by atoms with E-state index in [-0.39, 0.29) is 5.78 Å². The number of thioether (sulfide) groups is 1. The summed E-state index contributed by atoms with van der Waals surface area (Å²) in [6.45, 7) is 4.26. The average molecular weight is 298 g/mol. The summed E-state index contributed by atoms with van der Waals surface area (Å²) in [5.41, 5.74) is 4.20. The molecule has 0 radical (unpaired) electrons. The molecule has 0 amide bonds. The molecule has 1 aromatic carbocycles. The van der Waals surface area contributed by atoms with Crippen LogP contribution in [-0.2, 0) is 6.42 Å². The van der Waals surface area contributed by atoms with Crippen LogP contribution >= 0.6 is 11.8 Å². The van der Waals surface area contributed by atoms with Crippen molar-refractivity contribution in [2.45, 2.75) is 31.6 Å². The Kier molecular flexibility index (Phi) is 4.06. The Bertz CT molecular complexity index is 670. The molecule has 4 heteroatoms. The molecule has 1 aliphatic carbocycles. The fourth-order valence-corrected chi connectivity index (χ4v) is 3.82. The van der Waals surface area contributed by atoms with E-state index in [1.807, 2.05) is 12.4 Å². The molecule has 21 heavy (non-hydrogen) atoms. The maximum atomic E-state index is 12.5. The van der Waals surface area contributed by atoms with Gasteiger partial charge in [-0.15, -0.1) is 11.8 Å². The summed E-state index contributed by atoms with van der Waals surface area (Å²) >= 11 is 1.75. The monoisotopic (exact) mass is 298 g/mol. The predicted octanol–water partition coefficient (Wildman–Crippen LogP) is 4.02. The topological polar surface area (TPSA) is 42.9 Å². The van der Waals surface area contributed by atoms with Gasteiger partial charge < -0.3 is 0 Å². The number of nitrogens with zero attached hydrogens (tertiary/aromatic N) is 2. The van der Waals surface area contributed by atoms with Crippen molar-refractivity contribution in [2.24, 2.45) is 5.92 Å². The highest BCUT2D eigenvalue weighted by atomic mass is 32.2. The van der Waals surface area contributed by atoms with Crippen molar-refractivity contribution in [1.82, 2.24) is 9.97 Å². The number of carbonyl (C=O) groups is 1. The lowest BCUT2D eigenvalue weighted by molar-refractivity contribution is 0.0950. The van der Waals surface area contributed by atoms with Crippen molar-refractivity contribution in [3.05, 3.63) is 42.0 Å². The Hall–Kier alpha value is -1.68. The van der Waals surface area contributed by atoms with Crippen LogP contribution in [0.3, 0.4) is 0 Å². The van der Waals surface area contributed by atoms with Crippen molar-refractivity contribution < 1.29 is 4.79 Å². The van der Waals surface area contributed by atoms with Crippen LogP contribution in [0.25, 0.3) is 11.1 Å². The summed E-state index contributed by atoms with van der Waals surface area (Å²) in [5.74, 6) is 1.65. The van der Waals surface area contributed by atoms with Gasteiger partial charge >= 0.3 is 0 Å². The van der Waals surface area contributed by atoms with Gasteiger partial charge in [0.15, 0.2) is 5.78 Å². The zero-order valence-electron chi connectivity index (χ0n) is 12.3. The Morgan fingerprint density at radius 1 is 1.24 bits per heavy atom. The van der Waals surface area contributed by atoms with E-state index in [1.165, 1.54) is 11.9 Å². The molecule has 0 N–H and O–H groups in total. The molecular formula is C17H18N2OS. The molecule has 1 atom stereocenters. The van der Waals surface area contributed by atoms with Gasteiger partial charge in [-0.2, -0.15) is 0 Å². The summed E-state index contributed by atoms with van der Waals surface area (Å²) in [6.07, 6.45) is 6.77. The molecule has 0 fully saturated rings. The fraction of sp³-hybridized carbons (Fsp3) is 0.353. The molecule has 0 saturated carbocycles. The van der Waals surface area contributed by atoms with Gasteiger partial charge in [-0.1, -0.05) is 19.9 Å². The smallest absolute Gasteiger partial charge is 0.164 e. The van der Waals surface area contributed by atoms with Gasteiger partial charge in [0, 0.05) is 34.8 Å². The third-order valence-electron chi connectivity index (χ3n) is 3.81. The van der Waals surface area contributed by atoms with Gasteiger partial charge in [-0.25, -0.2) is 9.97 Å². The number of hydrogen-bond acceptors (Lipinski definition) is 4. The molecule has 1 heterocycles. The van der Waals surface area contributed by atoms with E-state index in [9.17, 15) is 4.79 Å². The van der Waals surface area contributed by atoms with Crippen LogP contribution in [0, 0.1) is 5.92 Å². The fourth-order valence-electron chi connectivity index (χ4n) is 2.97. The molecule has 0 spiro atoms. The molecular weight excluding hydrogens is 280 g/mol. The summed E-state index contributed by atoms with van der Waals surface area (Å²) in [6, 6.07) is 4.18. The molecule has 0 aliphatic heterocycles. The first kappa shape index (κ1) is 14.3. The first-order chi connectivity index (χ1) is 10.2. The van der Waals surface area contributed by atoms with Crippen LogP contribution in [0.1, 0.15) is 36.2 Å². The van der Waals surface area contributed by atoms with E-state index in [0.29, 0.717) is 12.3 Å². The number of benzene rings is 1. The third kappa shape index (κ3) is 2.72. The molecule has 1 aliphatic rings. The Labute approximate surface area is 129 Å². The summed E-state index contributed by atoms with van der Waals surface area (Å²) in [4.78, 5) is 21.9. The number of rotatable bonds is 3. The maximum Gasteiger partial charge on any atom is 0.164 e. The van der Waals surface area contributed by atoms with Crippen LogP contribution in [0.15, 0.2) is 35.7 Å². The number of Topliss-reactive ketones (excluding diaryl/α,β-unsaturated/α-hetero) is 1. The number of fused-ring (bicyclic) bond motifs is 1. The lowest BCUT2D eigenvalue weighted by Crippen LogP contribution is -2.20. The average Bonchev–Trinajstić information content (AvgIpc) is 2.48. The zero-order chi connectivity index (χ0) is 14.8. The second-order valence-electron chi connectivity index (χ2n) is 5.46. The molecule has 108 valence electrons. The van der Waals surface area contributed by atoms with Crippen LogP contribution in [0.2, 0.25) is 0 Å². The number of carbonyl (C=O) groups excluding carboxylic acids is 1. The van der Waals surface area contributed by atoms with Crippen LogP contribution in [0.4, 0.5) is 0 Å². The number of ketones is 1. The number of aromatic nitrogens is 2. The molecule has 1 aromatic heterocycles. The van der Waals surface area contributed by atoms with E-state index >= 15 is 0 Å². The van der Waals surface area contributed by atoms with E-state index in [2.05, 4.69) is 35.9 Å². The third-order valence-corrected chi connectivity index (χ3v) is 4.75. The first-order valence-electron chi connectivity index (χ1n) is 7.28. The SMILES string of the molecule is CCSc1ccc(-c2cncnc2)c2c1C(=O)CC(C)C2. The highest BCUT2D eigenvalue weighted by Gasteiger charge is 2.27. The van der Waals surface area contributed by atoms with E-state index in [4.69, 9.17) is 0 Å². The van der Waals surface area contributed by atoms with Gasteiger partial charge in [-0.05, 0) is 35.3 Å². The largest absolute Gasteiger partial charge is 0.294 e. The lowest BCUT2D eigenvalue weighted by atomic mass is 9.80. The van der Waals surface area contributed by atoms with Gasteiger partial charge in [0.1, 0.15) is 6.33 Å². The van der Waals surface area contributed by atoms with Crippen LogP contribution in [0.5, 0.6) is 0 Å². The lowest BCUT2D eigenvalue weighted by Gasteiger charge is -2.25. The van der Waals surface area contributed by atoms with Crippen LogP contribution in [-0.4, -0.2) is 21.5 Å². The normalized spacial score (nSPS) is 17.6. The number of hydrogen-bond donors (Lipinski definition) is 0. The second-order valence-corrected chi connectivity index (χ2v) is 6.77. The standard InChI is InChI=1S/C17H18N2OS/c1-3-21-16-5-4-13(12-8-18-10-19-9-12)14-6-11(2)7-15(20)17(14)16/h4-5,8-11H,3,6-7H2,1-2H3. The molecule has 3 nitrogen and oxygen atoms in total. The van der Waals surface area contributed by atoms with Crippen LogP contribution < -0.4 is 0 Å². The summed E-state index contributed by atoms with van der Waals surface area (Å²) in [5, 5.41) is 0. The molecule has 3 rings (SSSR count). The predicted molar refractivity (Wildman–Crippen MR) is 85.7 cm³/mol. The quantitative estimate of drug-likeness (QED) is 0.803. The van der Waals surface area contributed by atoms with E-state index in [1.54, 1.807) is 11.8 Å². The minimum atomic E-state index is 0.276. The van der Waals surface area contributed by atoms with Gasteiger partial charge in [0.05, 0.1) is 0 Å². The van der Waals surface area contributed by atoms with Crippen molar-refractivity contribution in [3.8, 4) is 11.1 Å². The van der Waals surface area contributed by atoms with E-state index in [0.717, 1.165) is 33.8 Å². The van der Waals surface area contributed by atoms with Crippen molar-refractivity contribution in [2.75, 3.05) is 5.75 Å². The highest BCUT2D eigenvalue weighted by Crippen LogP contribution is 2.38. The maximum absolute atomic E-state index is 12.5. The molecule has 0 saturated heterocycles.